The maximum Gasteiger partial charge on any atom is 0.251 e. The zero-order valence-corrected chi connectivity index (χ0v) is 13.2. The number of hydrogen-bond acceptors (Lipinski definition) is 5. The van der Waals surface area contributed by atoms with Crippen molar-refractivity contribution < 1.29 is 4.79 Å². The molecule has 0 aliphatic rings. The fraction of sp³-hybridized carbons (Fsp3) is 0.0556. The fourth-order valence-corrected chi connectivity index (χ4v) is 2.47. The normalized spacial score (nSPS) is 10.7. The van der Waals surface area contributed by atoms with Gasteiger partial charge in [-0.25, -0.2) is 0 Å². The van der Waals surface area contributed by atoms with Crippen molar-refractivity contribution in [3.8, 4) is 11.3 Å². The van der Waals surface area contributed by atoms with Crippen molar-refractivity contribution in [3.05, 3.63) is 78.4 Å². The van der Waals surface area contributed by atoms with E-state index in [9.17, 15) is 4.79 Å². The quantitative estimate of drug-likeness (QED) is 0.619. The van der Waals surface area contributed by atoms with E-state index in [1.54, 1.807) is 29.0 Å². The van der Waals surface area contributed by atoms with Gasteiger partial charge in [0.05, 0.1) is 12.2 Å². The molecule has 0 atom stereocenters. The molecule has 0 unspecified atom stereocenters. The summed E-state index contributed by atoms with van der Waals surface area (Å²) in [6.45, 7) is 0.230. The lowest BCUT2D eigenvalue weighted by molar-refractivity contribution is 0.0949. The van der Waals surface area contributed by atoms with Gasteiger partial charge < -0.3 is 5.32 Å². The van der Waals surface area contributed by atoms with Crippen molar-refractivity contribution >= 4 is 11.6 Å². The molecule has 0 radical (unpaired) electrons. The Morgan fingerprint density at radius 1 is 0.960 bits per heavy atom. The molecular weight excluding hydrogens is 316 g/mol. The topological polar surface area (TPSA) is 85.1 Å². The fourth-order valence-electron chi connectivity index (χ4n) is 2.47. The predicted molar refractivity (Wildman–Crippen MR) is 91.6 cm³/mol. The van der Waals surface area contributed by atoms with Gasteiger partial charge in [-0.2, -0.15) is 9.61 Å². The summed E-state index contributed by atoms with van der Waals surface area (Å²) in [5.41, 5.74) is 2.99. The summed E-state index contributed by atoms with van der Waals surface area (Å²) in [6.07, 6.45) is 3.16. The van der Waals surface area contributed by atoms with Gasteiger partial charge >= 0.3 is 0 Å². The number of fused-ring (bicyclic) bond motifs is 1. The molecule has 0 bridgehead atoms. The highest BCUT2D eigenvalue weighted by Gasteiger charge is 2.11. The molecule has 3 aromatic heterocycles. The van der Waals surface area contributed by atoms with Crippen LogP contribution in [0.25, 0.3) is 16.9 Å². The molecule has 4 aromatic rings. The van der Waals surface area contributed by atoms with Gasteiger partial charge in [-0.05, 0) is 24.3 Å². The summed E-state index contributed by atoms with van der Waals surface area (Å²) < 4.78 is 1.65. The second-order valence-corrected chi connectivity index (χ2v) is 5.39. The van der Waals surface area contributed by atoms with Gasteiger partial charge in [0.1, 0.15) is 0 Å². The molecule has 0 saturated carbocycles. The Bertz CT molecular complexity index is 1010. The molecule has 122 valence electrons. The minimum absolute atomic E-state index is 0.196. The zero-order chi connectivity index (χ0) is 17.1. The average Bonchev–Trinajstić information content (AvgIpc) is 3.10. The number of rotatable bonds is 4. The number of carbonyl (C=O) groups excluding carboxylic acids is 1. The van der Waals surface area contributed by atoms with Crippen LogP contribution in [-0.4, -0.2) is 30.7 Å². The summed E-state index contributed by atoms with van der Waals surface area (Å²) in [7, 11) is 0. The Kier molecular flexibility index (Phi) is 3.88. The molecule has 1 aromatic carbocycles. The molecule has 0 saturated heterocycles. The van der Waals surface area contributed by atoms with E-state index in [0.717, 1.165) is 11.3 Å². The number of aromatic nitrogens is 5. The standard InChI is InChI=1S/C18H14N6O/c25-18(14-8-10-19-11-9-14)20-12-17-22-21-16-7-6-15(23-24(16)17)13-4-2-1-3-5-13/h1-11H,12H2,(H,20,25). The Labute approximate surface area is 143 Å². The van der Waals surface area contributed by atoms with Crippen LogP contribution in [0.1, 0.15) is 16.2 Å². The Morgan fingerprint density at radius 3 is 2.56 bits per heavy atom. The summed E-state index contributed by atoms with van der Waals surface area (Å²) >= 11 is 0. The predicted octanol–water partition coefficient (Wildman–Crippen LogP) is 2.12. The summed E-state index contributed by atoms with van der Waals surface area (Å²) in [5.74, 6) is 0.369. The van der Waals surface area contributed by atoms with Crippen molar-refractivity contribution in [2.75, 3.05) is 0 Å². The van der Waals surface area contributed by atoms with E-state index >= 15 is 0 Å². The lowest BCUT2D eigenvalue weighted by Crippen LogP contribution is -2.24. The number of hydrogen-bond donors (Lipinski definition) is 1. The molecule has 25 heavy (non-hydrogen) atoms. The van der Waals surface area contributed by atoms with Crippen LogP contribution < -0.4 is 5.32 Å². The smallest absolute Gasteiger partial charge is 0.251 e. The lowest BCUT2D eigenvalue weighted by atomic mass is 10.1. The third kappa shape index (κ3) is 3.07. The van der Waals surface area contributed by atoms with Crippen molar-refractivity contribution in [2.45, 2.75) is 6.54 Å². The van der Waals surface area contributed by atoms with Gasteiger partial charge in [-0.15, -0.1) is 10.2 Å². The molecule has 1 N–H and O–H groups in total. The monoisotopic (exact) mass is 330 g/mol. The van der Waals surface area contributed by atoms with Crippen molar-refractivity contribution in [3.63, 3.8) is 0 Å². The maximum atomic E-state index is 12.1. The highest BCUT2D eigenvalue weighted by molar-refractivity contribution is 5.93. The van der Waals surface area contributed by atoms with Crippen LogP contribution in [0.3, 0.4) is 0 Å². The van der Waals surface area contributed by atoms with Crippen molar-refractivity contribution in [2.24, 2.45) is 0 Å². The molecule has 0 aliphatic heterocycles. The van der Waals surface area contributed by atoms with Crippen LogP contribution in [-0.2, 0) is 6.54 Å². The second kappa shape index (κ2) is 6.48. The minimum Gasteiger partial charge on any atom is -0.345 e. The van der Waals surface area contributed by atoms with Gasteiger partial charge in [-0.3, -0.25) is 9.78 Å². The summed E-state index contributed by atoms with van der Waals surface area (Å²) in [5, 5.41) is 15.6. The van der Waals surface area contributed by atoms with Gasteiger partial charge in [0.2, 0.25) is 0 Å². The van der Waals surface area contributed by atoms with Gasteiger partial charge in [0.25, 0.3) is 5.91 Å². The number of nitrogens with one attached hydrogen (secondary N) is 1. The van der Waals surface area contributed by atoms with Gasteiger partial charge in [0, 0.05) is 23.5 Å². The first kappa shape index (κ1) is 14.9. The highest BCUT2D eigenvalue weighted by Crippen LogP contribution is 2.16. The number of amides is 1. The van der Waals surface area contributed by atoms with Crippen LogP contribution in [0.5, 0.6) is 0 Å². The highest BCUT2D eigenvalue weighted by atomic mass is 16.1. The van der Waals surface area contributed by atoms with Crippen molar-refractivity contribution in [1.82, 2.24) is 30.1 Å². The van der Waals surface area contributed by atoms with E-state index in [0.29, 0.717) is 17.0 Å². The van der Waals surface area contributed by atoms with E-state index in [1.165, 1.54) is 0 Å². The van der Waals surface area contributed by atoms with E-state index in [2.05, 4.69) is 25.6 Å². The lowest BCUT2D eigenvalue weighted by Gasteiger charge is -2.05. The molecule has 0 fully saturated rings. The van der Waals surface area contributed by atoms with Crippen LogP contribution in [0.4, 0.5) is 0 Å². The molecule has 7 heteroatoms. The van der Waals surface area contributed by atoms with E-state index in [-0.39, 0.29) is 12.5 Å². The van der Waals surface area contributed by atoms with E-state index < -0.39 is 0 Å². The molecule has 0 aliphatic carbocycles. The number of carbonyl (C=O) groups is 1. The Hall–Kier alpha value is -3.61. The van der Waals surface area contributed by atoms with Crippen LogP contribution in [0, 0.1) is 0 Å². The Balaban J connectivity index is 1.59. The number of nitrogens with zero attached hydrogens (tertiary/aromatic N) is 5. The molecule has 4 rings (SSSR count). The minimum atomic E-state index is -0.196. The molecule has 0 spiro atoms. The van der Waals surface area contributed by atoms with Crippen molar-refractivity contribution in [1.29, 1.82) is 0 Å². The summed E-state index contributed by atoms with van der Waals surface area (Å²) in [4.78, 5) is 16.0. The summed E-state index contributed by atoms with van der Waals surface area (Å²) in [6, 6.07) is 16.9. The largest absolute Gasteiger partial charge is 0.345 e. The van der Waals surface area contributed by atoms with Crippen LogP contribution >= 0.6 is 0 Å². The van der Waals surface area contributed by atoms with Gasteiger partial charge in [0.15, 0.2) is 11.5 Å². The first-order valence-electron chi connectivity index (χ1n) is 7.76. The third-order valence-electron chi connectivity index (χ3n) is 3.75. The first-order chi connectivity index (χ1) is 12.3. The number of benzene rings is 1. The van der Waals surface area contributed by atoms with Crippen LogP contribution in [0.15, 0.2) is 67.0 Å². The third-order valence-corrected chi connectivity index (χ3v) is 3.75. The maximum absolute atomic E-state index is 12.1. The van der Waals surface area contributed by atoms with E-state index in [4.69, 9.17) is 0 Å². The molecule has 1 amide bonds. The zero-order valence-electron chi connectivity index (χ0n) is 13.2. The SMILES string of the molecule is O=C(NCc1nnc2ccc(-c3ccccc3)nn12)c1ccncc1. The first-order valence-corrected chi connectivity index (χ1v) is 7.76. The molecular formula is C18H14N6O. The molecule has 3 heterocycles. The van der Waals surface area contributed by atoms with E-state index in [1.807, 2.05) is 42.5 Å². The number of pyridine rings is 1. The molecule has 7 nitrogen and oxygen atoms in total. The Morgan fingerprint density at radius 2 is 1.76 bits per heavy atom. The van der Waals surface area contributed by atoms with Crippen LogP contribution in [0.2, 0.25) is 0 Å². The van der Waals surface area contributed by atoms with Gasteiger partial charge in [-0.1, -0.05) is 30.3 Å². The average molecular weight is 330 g/mol. The second-order valence-electron chi connectivity index (χ2n) is 5.39.